The fraction of sp³-hybridized carbons (Fsp3) is 0.316. The van der Waals surface area contributed by atoms with Crippen LogP contribution in [-0.2, 0) is 19.1 Å². The van der Waals surface area contributed by atoms with Crippen molar-refractivity contribution in [2.24, 2.45) is 0 Å². The lowest BCUT2D eigenvalue weighted by molar-refractivity contribution is -0.137. The van der Waals surface area contributed by atoms with Gasteiger partial charge in [-0.05, 0) is 101 Å². The SMILES string of the molecule is CC(C)=CCC/C(C)=C/CC/C(=C/CC/C(C)=C/COC(=O)/C=C/c1ccccc1)COC(=O)/C=C/c1ccccc1. The Bertz CT molecular complexity index is 1270. The van der Waals surface area contributed by atoms with Gasteiger partial charge in [0, 0.05) is 12.2 Å². The Morgan fingerprint density at radius 3 is 1.67 bits per heavy atom. The van der Waals surface area contributed by atoms with E-state index in [9.17, 15) is 9.59 Å². The van der Waals surface area contributed by atoms with E-state index in [-0.39, 0.29) is 25.2 Å². The van der Waals surface area contributed by atoms with Crippen LogP contribution in [-0.4, -0.2) is 25.2 Å². The zero-order valence-corrected chi connectivity index (χ0v) is 25.7. The number of carbonyl (C=O) groups is 2. The summed E-state index contributed by atoms with van der Waals surface area (Å²) in [6.45, 7) is 8.98. The molecule has 0 aliphatic heterocycles. The maximum atomic E-state index is 12.3. The molecule has 0 bridgehead atoms. The van der Waals surface area contributed by atoms with Crippen LogP contribution in [0, 0.1) is 0 Å². The molecule has 2 rings (SSSR count). The van der Waals surface area contributed by atoms with Gasteiger partial charge in [0.05, 0.1) is 0 Å². The van der Waals surface area contributed by atoms with Crippen LogP contribution in [0.1, 0.15) is 77.3 Å². The van der Waals surface area contributed by atoms with Crippen molar-refractivity contribution in [1.82, 2.24) is 0 Å². The highest BCUT2D eigenvalue weighted by Crippen LogP contribution is 2.15. The summed E-state index contributed by atoms with van der Waals surface area (Å²) in [5.74, 6) is -0.713. The number of allylic oxidation sites excluding steroid dienone is 6. The number of benzene rings is 2. The van der Waals surface area contributed by atoms with Crippen molar-refractivity contribution in [2.75, 3.05) is 13.2 Å². The van der Waals surface area contributed by atoms with Crippen LogP contribution >= 0.6 is 0 Å². The predicted octanol–water partition coefficient (Wildman–Crippen LogP) is 9.63. The molecule has 0 unspecified atom stereocenters. The van der Waals surface area contributed by atoms with Gasteiger partial charge in [-0.3, -0.25) is 0 Å². The standard InChI is InChI=1S/C38H46O4/c1-31(2)14-11-15-32(3)16-12-22-36(30-42-38(40)27-25-35-20-9-6-10-21-35)23-13-17-33(4)28-29-41-37(39)26-24-34-18-7-5-8-19-34/h5-10,14,16,18-21,23-28H,11-13,15,17,22,29-30H2,1-4H3/b26-24+,27-25+,32-16+,33-28+,36-23-. The molecule has 0 saturated carbocycles. The minimum Gasteiger partial charge on any atom is -0.458 e. The molecule has 0 aliphatic carbocycles. The van der Waals surface area contributed by atoms with E-state index in [0.29, 0.717) is 0 Å². The van der Waals surface area contributed by atoms with E-state index in [0.717, 1.165) is 60.8 Å². The first-order chi connectivity index (χ1) is 20.3. The second kappa shape index (κ2) is 20.7. The molecule has 4 nitrogen and oxygen atoms in total. The van der Waals surface area contributed by atoms with Gasteiger partial charge >= 0.3 is 11.9 Å². The van der Waals surface area contributed by atoms with Gasteiger partial charge in [0.1, 0.15) is 13.2 Å². The van der Waals surface area contributed by atoms with E-state index in [1.807, 2.05) is 73.7 Å². The molecule has 4 heteroatoms. The lowest BCUT2D eigenvalue weighted by Crippen LogP contribution is -2.05. The van der Waals surface area contributed by atoms with Crippen LogP contribution in [0.15, 0.2) is 119 Å². The number of esters is 2. The van der Waals surface area contributed by atoms with Crippen LogP contribution in [0.2, 0.25) is 0 Å². The van der Waals surface area contributed by atoms with Crippen LogP contribution in [0.4, 0.5) is 0 Å². The number of hydrogen-bond donors (Lipinski definition) is 0. The quantitative estimate of drug-likeness (QED) is 0.109. The Morgan fingerprint density at radius 1 is 0.595 bits per heavy atom. The molecule has 0 heterocycles. The third-order valence-corrected chi connectivity index (χ3v) is 6.50. The summed E-state index contributed by atoms with van der Waals surface area (Å²) in [5, 5.41) is 0. The highest BCUT2D eigenvalue weighted by atomic mass is 16.5. The smallest absolute Gasteiger partial charge is 0.331 e. The summed E-state index contributed by atoms with van der Waals surface area (Å²) in [4.78, 5) is 24.3. The Kier molecular flexibility index (Phi) is 16.7. The maximum Gasteiger partial charge on any atom is 0.331 e. The molecule has 2 aromatic carbocycles. The number of rotatable bonds is 17. The number of ether oxygens (including phenoxy) is 2. The maximum absolute atomic E-state index is 12.3. The zero-order valence-electron chi connectivity index (χ0n) is 25.7. The molecular weight excluding hydrogens is 520 g/mol. The van der Waals surface area contributed by atoms with Crippen molar-refractivity contribution in [3.05, 3.63) is 131 Å². The predicted molar refractivity (Wildman–Crippen MR) is 176 cm³/mol. The summed E-state index contributed by atoms with van der Waals surface area (Å²) in [6.07, 6.45) is 20.6. The molecule has 0 spiro atoms. The molecule has 42 heavy (non-hydrogen) atoms. The molecule has 2 aromatic rings. The molecule has 222 valence electrons. The van der Waals surface area contributed by atoms with E-state index in [1.165, 1.54) is 23.3 Å². The molecular formula is C38H46O4. The first-order valence-electron chi connectivity index (χ1n) is 14.7. The summed E-state index contributed by atoms with van der Waals surface area (Å²) in [7, 11) is 0. The zero-order chi connectivity index (χ0) is 30.4. The average molecular weight is 567 g/mol. The third kappa shape index (κ3) is 16.8. The molecule has 0 radical (unpaired) electrons. The molecule has 0 amide bonds. The number of carbonyl (C=O) groups excluding carboxylic acids is 2. The number of hydrogen-bond acceptors (Lipinski definition) is 4. The Hall–Kier alpha value is -4.18. The fourth-order valence-corrected chi connectivity index (χ4v) is 4.02. The van der Waals surface area contributed by atoms with Crippen molar-refractivity contribution in [2.45, 2.75) is 66.2 Å². The van der Waals surface area contributed by atoms with E-state index in [4.69, 9.17) is 9.47 Å². The highest BCUT2D eigenvalue weighted by molar-refractivity contribution is 5.87. The van der Waals surface area contributed by atoms with Crippen molar-refractivity contribution in [3.63, 3.8) is 0 Å². The first-order valence-corrected chi connectivity index (χ1v) is 14.7. The van der Waals surface area contributed by atoms with E-state index in [1.54, 1.807) is 12.2 Å². The molecule has 0 fully saturated rings. The first kappa shape index (κ1) is 34.0. The van der Waals surface area contributed by atoms with Crippen molar-refractivity contribution < 1.29 is 19.1 Å². The van der Waals surface area contributed by atoms with Gasteiger partial charge in [-0.2, -0.15) is 0 Å². The minimum atomic E-state index is -0.364. The Balaban J connectivity index is 1.87. The largest absolute Gasteiger partial charge is 0.458 e. The van der Waals surface area contributed by atoms with Gasteiger partial charge in [0.25, 0.3) is 0 Å². The Labute approximate surface area is 252 Å². The van der Waals surface area contributed by atoms with E-state index >= 15 is 0 Å². The Morgan fingerprint density at radius 2 is 1.10 bits per heavy atom. The van der Waals surface area contributed by atoms with Crippen LogP contribution in [0.3, 0.4) is 0 Å². The second-order valence-electron chi connectivity index (χ2n) is 10.6. The lowest BCUT2D eigenvalue weighted by atomic mass is 10.0. The third-order valence-electron chi connectivity index (χ3n) is 6.50. The van der Waals surface area contributed by atoms with Crippen molar-refractivity contribution in [1.29, 1.82) is 0 Å². The molecule has 0 aromatic heterocycles. The minimum absolute atomic E-state index is 0.239. The van der Waals surface area contributed by atoms with E-state index < -0.39 is 0 Å². The average Bonchev–Trinajstić information content (AvgIpc) is 2.98. The monoisotopic (exact) mass is 566 g/mol. The van der Waals surface area contributed by atoms with Gasteiger partial charge in [-0.15, -0.1) is 0 Å². The summed E-state index contributed by atoms with van der Waals surface area (Å²) in [6, 6.07) is 19.4. The molecule has 0 N–H and O–H groups in total. The summed E-state index contributed by atoms with van der Waals surface area (Å²) in [5.41, 5.74) is 6.88. The fourth-order valence-electron chi connectivity index (χ4n) is 4.02. The van der Waals surface area contributed by atoms with Gasteiger partial charge < -0.3 is 9.47 Å². The van der Waals surface area contributed by atoms with Crippen LogP contribution in [0.25, 0.3) is 12.2 Å². The second-order valence-corrected chi connectivity index (χ2v) is 10.6. The summed E-state index contributed by atoms with van der Waals surface area (Å²) >= 11 is 0. The topological polar surface area (TPSA) is 52.6 Å². The van der Waals surface area contributed by atoms with Gasteiger partial charge in [0.15, 0.2) is 0 Å². The molecule has 0 aliphatic rings. The van der Waals surface area contributed by atoms with Crippen LogP contribution < -0.4 is 0 Å². The van der Waals surface area contributed by atoms with Crippen molar-refractivity contribution >= 4 is 24.1 Å². The highest BCUT2D eigenvalue weighted by Gasteiger charge is 2.03. The molecule has 0 atom stereocenters. The van der Waals surface area contributed by atoms with Crippen LogP contribution in [0.5, 0.6) is 0 Å². The van der Waals surface area contributed by atoms with Gasteiger partial charge in [0.2, 0.25) is 0 Å². The molecule has 0 saturated heterocycles. The van der Waals surface area contributed by atoms with Gasteiger partial charge in [-0.1, -0.05) is 95.6 Å². The van der Waals surface area contributed by atoms with Crippen molar-refractivity contribution in [3.8, 4) is 0 Å². The normalized spacial score (nSPS) is 12.5. The van der Waals surface area contributed by atoms with Gasteiger partial charge in [-0.25, -0.2) is 9.59 Å². The van der Waals surface area contributed by atoms with E-state index in [2.05, 4.69) is 39.0 Å². The summed E-state index contributed by atoms with van der Waals surface area (Å²) < 4.78 is 10.9. The lowest BCUT2D eigenvalue weighted by Gasteiger charge is -2.08.